The van der Waals surface area contributed by atoms with Gasteiger partial charge in [-0.2, -0.15) is 0 Å². The number of imidazole rings is 1. The molecule has 2 heterocycles. The van der Waals surface area contributed by atoms with Crippen molar-refractivity contribution in [2.45, 2.75) is 6.61 Å². The third kappa shape index (κ3) is 1.36. The molecule has 0 unspecified atom stereocenters. The summed E-state index contributed by atoms with van der Waals surface area (Å²) in [5.74, 6) is 0.682. The zero-order valence-electron chi connectivity index (χ0n) is 7.40. The molecule has 0 bridgehead atoms. The van der Waals surface area contributed by atoms with Crippen LogP contribution < -0.4 is 5.73 Å². The summed E-state index contributed by atoms with van der Waals surface area (Å²) in [5.41, 5.74) is 7.69. The molecule has 0 aromatic carbocycles. The lowest BCUT2D eigenvalue weighted by molar-refractivity contribution is 0.185. The van der Waals surface area contributed by atoms with Gasteiger partial charge in [-0.15, -0.1) is 0 Å². The Bertz CT molecular complexity index is 422. The van der Waals surface area contributed by atoms with Crippen molar-refractivity contribution in [3.8, 4) is 0 Å². The SMILES string of the molecule is COCc1cc(N)n2ccnc2c1. The first-order valence-corrected chi connectivity index (χ1v) is 4.01. The minimum absolute atomic E-state index is 0.563. The van der Waals surface area contributed by atoms with Crippen molar-refractivity contribution in [1.29, 1.82) is 0 Å². The highest BCUT2D eigenvalue weighted by atomic mass is 16.5. The number of nitrogen functional groups attached to an aromatic ring is 1. The van der Waals surface area contributed by atoms with Gasteiger partial charge in [0.2, 0.25) is 0 Å². The predicted octanol–water partition coefficient (Wildman–Crippen LogP) is 1.06. The minimum Gasteiger partial charge on any atom is -0.385 e. The van der Waals surface area contributed by atoms with Gasteiger partial charge in [-0.25, -0.2) is 4.98 Å². The van der Waals surface area contributed by atoms with E-state index in [-0.39, 0.29) is 0 Å². The highest BCUT2D eigenvalue weighted by Crippen LogP contribution is 2.12. The van der Waals surface area contributed by atoms with Crippen molar-refractivity contribution in [3.05, 3.63) is 30.1 Å². The maximum Gasteiger partial charge on any atom is 0.138 e. The van der Waals surface area contributed by atoms with Crippen LogP contribution in [-0.2, 0) is 11.3 Å². The number of hydrogen-bond donors (Lipinski definition) is 1. The molecule has 0 saturated carbocycles. The normalized spacial score (nSPS) is 10.8. The summed E-state index contributed by atoms with van der Waals surface area (Å²) in [5, 5.41) is 0. The molecule has 68 valence electrons. The van der Waals surface area contributed by atoms with Crippen molar-refractivity contribution in [3.63, 3.8) is 0 Å². The second-order valence-electron chi connectivity index (χ2n) is 2.88. The maximum absolute atomic E-state index is 5.80. The fraction of sp³-hybridized carbons (Fsp3) is 0.222. The van der Waals surface area contributed by atoms with Gasteiger partial charge in [0.15, 0.2) is 0 Å². The third-order valence-electron chi connectivity index (χ3n) is 1.91. The number of fused-ring (bicyclic) bond motifs is 1. The van der Waals surface area contributed by atoms with Crippen LogP contribution in [0.3, 0.4) is 0 Å². The molecule has 4 heteroatoms. The highest BCUT2D eigenvalue weighted by molar-refractivity contribution is 5.50. The topological polar surface area (TPSA) is 52.5 Å². The average Bonchev–Trinajstić information content (AvgIpc) is 2.53. The maximum atomic E-state index is 5.80. The van der Waals surface area contributed by atoms with Gasteiger partial charge in [-0.05, 0) is 17.7 Å². The first kappa shape index (κ1) is 8.07. The van der Waals surface area contributed by atoms with Gasteiger partial charge < -0.3 is 10.5 Å². The van der Waals surface area contributed by atoms with Crippen LogP contribution >= 0.6 is 0 Å². The number of pyridine rings is 1. The standard InChI is InChI=1S/C9H11N3O/c1-13-6-7-4-8(10)12-3-2-11-9(12)5-7/h2-5H,6,10H2,1H3. The van der Waals surface area contributed by atoms with Gasteiger partial charge in [0.1, 0.15) is 11.5 Å². The Morgan fingerprint density at radius 3 is 3.15 bits per heavy atom. The molecule has 4 nitrogen and oxygen atoms in total. The molecule has 13 heavy (non-hydrogen) atoms. The summed E-state index contributed by atoms with van der Waals surface area (Å²) in [7, 11) is 1.66. The number of ether oxygens (including phenoxy) is 1. The molecule has 2 N–H and O–H groups in total. The van der Waals surface area contributed by atoms with Crippen LogP contribution in [0.25, 0.3) is 5.65 Å². The predicted molar refractivity (Wildman–Crippen MR) is 50.3 cm³/mol. The first-order valence-electron chi connectivity index (χ1n) is 4.01. The van der Waals surface area contributed by atoms with Crippen molar-refractivity contribution in [2.75, 3.05) is 12.8 Å². The summed E-state index contributed by atoms with van der Waals surface area (Å²) in [6, 6.07) is 3.85. The monoisotopic (exact) mass is 177 g/mol. The lowest BCUT2D eigenvalue weighted by Crippen LogP contribution is -1.98. The van der Waals surface area contributed by atoms with Gasteiger partial charge in [-0.1, -0.05) is 0 Å². The number of anilines is 1. The molecule has 2 rings (SSSR count). The Balaban J connectivity index is 2.56. The zero-order chi connectivity index (χ0) is 9.26. The van der Waals surface area contributed by atoms with E-state index < -0.39 is 0 Å². The van der Waals surface area contributed by atoms with Crippen LogP contribution in [0.4, 0.5) is 5.82 Å². The van der Waals surface area contributed by atoms with E-state index in [1.165, 1.54) is 0 Å². The van der Waals surface area contributed by atoms with Crippen LogP contribution in [0.5, 0.6) is 0 Å². The Morgan fingerprint density at radius 1 is 1.54 bits per heavy atom. The number of aromatic nitrogens is 2. The second-order valence-corrected chi connectivity index (χ2v) is 2.88. The fourth-order valence-corrected chi connectivity index (χ4v) is 1.36. The molecule has 0 radical (unpaired) electrons. The molecule has 0 saturated heterocycles. The van der Waals surface area contributed by atoms with E-state index in [9.17, 15) is 0 Å². The van der Waals surface area contributed by atoms with Crippen LogP contribution in [-0.4, -0.2) is 16.5 Å². The van der Waals surface area contributed by atoms with Crippen LogP contribution in [0.15, 0.2) is 24.5 Å². The Kier molecular flexibility index (Phi) is 1.90. The number of nitrogens with zero attached hydrogens (tertiary/aromatic N) is 2. The Labute approximate surface area is 76.0 Å². The smallest absolute Gasteiger partial charge is 0.138 e. The van der Waals surface area contributed by atoms with Gasteiger partial charge in [0, 0.05) is 19.5 Å². The molecule has 0 amide bonds. The summed E-state index contributed by atoms with van der Waals surface area (Å²) >= 11 is 0. The molecule has 0 aliphatic rings. The van der Waals surface area contributed by atoms with E-state index in [1.807, 2.05) is 22.7 Å². The third-order valence-corrected chi connectivity index (χ3v) is 1.91. The zero-order valence-corrected chi connectivity index (χ0v) is 7.40. The number of nitrogens with two attached hydrogens (primary N) is 1. The molecule has 2 aromatic heterocycles. The lowest BCUT2D eigenvalue weighted by atomic mass is 10.2. The van der Waals surface area contributed by atoms with E-state index in [4.69, 9.17) is 10.5 Å². The van der Waals surface area contributed by atoms with Crippen molar-refractivity contribution in [2.24, 2.45) is 0 Å². The first-order chi connectivity index (χ1) is 6.31. The minimum atomic E-state index is 0.563. The molecular formula is C9H11N3O. The quantitative estimate of drug-likeness (QED) is 0.746. The Hall–Kier alpha value is -1.55. The van der Waals surface area contributed by atoms with Gasteiger partial charge >= 0.3 is 0 Å². The summed E-state index contributed by atoms with van der Waals surface area (Å²) < 4.78 is 6.85. The molecule has 0 aliphatic heterocycles. The molecule has 0 fully saturated rings. The summed E-state index contributed by atoms with van der Waals surface area (Å²) in [6.07, 6.45) is 3.56. The molecule has 0 spiro atoms. The van der Waals surface area contributed by atoms with Crippen LogP contribution in [0, 0.1) is 0 Å². The van der Waals surface area contributed by atoms with Gasteiger partial charge in [0.25, 0.3) is 0 Å². The van der Waals surface area contributed by atoms with Crippen LogP contribution in [0.2, 0.25) is 0 Å². The molecular weight excluding hydrogens is 166 g/mol. The van der Waals surface area contributed by atoms with E-state index in [2.05, 4.69) is 4.98 Å². The Morgan fingerprint density at radius 2 is 2.38 bits per heavy atom. The number of methoxy groups -OCH3 is 1. The fourth-order valence-electron chi connectivity index (χ4n) is 1.36. The molecule has 0 aliphatic carbocycles. The number of hydrogen-bond acceptors (Lipinski definition) is 3. The summed E-state index contributed by atoms with van der Waals surface area (Å²) in [6.45, 7) is 0.563. The van der Waals surface area contributed by atoms with Crippen molar-refractivity contribution in [1.82, 2.24) is 9.38 Å². The van der Waals surface area contributed by atoms with Gasteiger partial charge in [0.05, 0.1) is 6.61 Å². The van der Waals surface area contributed by atoms with Crippen molar-refractivity contribution >= 4 is 11.5 Å². The van der Waals surface area contributed by atoms with E-state index in [1.54, 1.807) is 13.3 Å². The highest BCUT2D eigenvalue weighted by Gasteiger charge is 2.00. The van der Waals surface area contributed by atoms with Crippen molar-refractivity contribution < 1.29 is 4.74 Å². The molecule has 0 atom stereocenters. The lowest BCUT2D eigenvalue weighted by Gasteiger charge is -2.03. The second kappa shape index (κ2) is 3.06. The van der Waals surface area contributed by atoms with Crippen LogP contribution in [0.1, 0.15) is 5.56 Å². The molecule has 2 aromatic rings. The average molecular weight is 177 g/mol. The van der Waals surface area contributed by atoms with E-state index >= 15 is 0 Å². The van der Waals surface area contributed by atoms with E-state index in [0.29, 0.717) is 12.4 Å². The largest absolute Gasteiger partial charge is 0.385 e. The van der Waals surface area contributed by atoms with Gasteiger partial charge in [-0.3, -0.25) is 4.40 Å². The van der Waals surface area contributed by atoms with E-state index in [0.717, 1.165) is 11.2 Å². The number of rotatable bonds is 2. The summed E-state index contributed by atoms with van der Waals surface area (Å²) in [4.78, 5) is 4.15.